The van der Waals surface area contributed by atoms with Crippen molar-refractivity contribution in [1.82, 2.24) is 15.0 Å². The highest BCUT2D eigenvalue weighted by molar-refractivity contribution is 7.90. The molecule has 5 aromatic rings. The van der Waals surface area contributed by atoms with Gasteiger partial charge in [0.05, 0.1) is 16.0 Å². The molecule has 174 valence electrons. The van der Waals surface area contributed by atoms with Crippen molar-refractivity contribution in [3.63, 3.8) is 0 Å². The van der Waals surface area contributed by atoms with Crippen LogP contribution in [-0.4, -0.2) is 41.4 Å². The lowest BCUT2D eigenvalue weighted by atomic mass is 10.1. The third-order valence-corrected chi connectivity index (χ3v) is 6.48. The van der Waals surface area contributed by atoms with Gasteiger partial charge in [0.1, 0.15) is 11.2 Å². The van der Waals surface area contributed by atoms with Gasteiger partial charge in [-0.15, -0.1) is 0 Å². The Kier molecular flexibility index (Phi) is 5.50. The zero-order valence-corrected chi connectivity index (χ0v) is 19.3. The quantitative estimate of drug-likeness (QED) is 0.344. The van der Waals surface area contributed by atoms with Crippen LogP contribution in [0.1, 0.15) is 20.8 Å². The molecule has 3 aromatic carbocycles. The lowest BCUT2D eigenvalue weighted by molar-refractivity contribution is 0.101. The fourth-order valence-corrected chi connectivity index (χ4v) is 4.32. The molecule has 0 fully saturated rings. The van der Waals surface area contributed by atoms with Gasteiger partial charge in [-0.3, -0.25) is 19.9 Å². The number of para-hydroxylation sites is 1. The molecule has 0 spiro atoms. The highest BCUT2D eigenvalue weighted by Gasteiger charge is 2.17. The molecule has 3 N–H and O–H groups in total. The van der Waals surface area contributed by atoms with Crippen LogP contribution in [0.15, 0.2) is 83.9 Å². The van der Waals surface area contributed by atoms with Crippen LogP contribution >= 0.6 is 0 Å². The van der Waals surface area contributed by atoms with Gasteiger partial charge in [0.15, 0.2) is 9.84 Å². The summed E-state index contributed by atoms with van der Waals surface area (Å²) in [7, 11) is -3.42. The molecule has 0 bridgehead atoms. The van der Waals surface area contributed by atoms with Crippen LogP contribution in [0, 0.1) is 0 Å². The van der Waals surface area contributed by atoms with Gasteiger partial charge < -0.3 is 10.3 Å². The number of aromatic amines is 1. The molecule has 2 heterocycles. The number of nitrogens with zero attached hydrogens (tertiary/aromatic N) is 2. The first-order chi connectivity index (χ1) is 16.8. The molecule has 0 atom stereocenters. The molecular formula is C25H19N5O4S. The van der Waals surface area contributed by atoms with Gasteiger partial charge in [-0.1, -0.05) is 36.4 Å². The average Bonchev–Trinajstić information content (AvgIpc) is 3.25. The van der Waals surface area contributed by atoms with Gasteiger partial charge in [-0.25, -0.2) is 13.4 Å². The summed E-state index contributed by atoms with van der Waals surface area (Å²) in [4.78, 5) is 37.4. The molecule has 0 aliphatic heterocycles. The van der Waals surface area contributed by atoms with Crippen LogP contribution in [0.3, 0.4) is 0 Å². The monoisotopic (exact) mass is 485 g/mol. The van der Waals surface area contributed by atoms with E-state index in [1.165, 1.54) is 12.1 Å². The maximum Gasteiger partial charge on any atom is 0.276 e. The topological polar surface area (TPSA) is 134 Å². The molecule has 0 aliphatic rings. The van der Waals surface area contributed by atoms with Crippen LogP contribution < -0.4 is 10.6 Å². The number of hydrogen-bond acceptors (Lipinski definition) is 6. The smallest absolute Gasteiger partial charge is 0.276 e. The number of pyridine rings is 1. The lowest BCUT2D eigenvalue weighted by Crippen LogP contribution is -2.14. The number of sulfone groups is 1. The van der Waals surface area contributed by atoms with Crippen molar-refractivity contribution in [1.29, 1.82) is 0 Å². The minimum Gasteiger partial charge on any atom is -0.324 e. The first kappa shape index (κ1) is 22.2. The minimum atomic E-state index is -3.42. The molecule has 35 heavy (non-hydrogen) atoms. The van der Waals surface area contributed by atoms with Crippen LogP contribution in [0.5, 0.6) is 0 Å². The molecule has 2 amide bonds. The maximum absolute atomic E-state index is 13.0. The molecule has 0 saturated heterocycles. The van der Waals surface area contributed by atoms with E-state index < -0.39 is 21.7 Å². The van der Waals surface area contributed by atoms with Crippen molar-refractivity contribution in [2.24, 2.45) is 0 Å². The number of nitrogens with one attached hydrogen (secondary N) is 3. The van der Waals surface area contributed by atoms with E-state index in [1.54, 1.807) is 42.6 Å². The van der Waals surface area contributed by atoms with E-state index in [1.807, 2.05) is 24.3 Å². The summed E-state index contributed by atoms with van der Waals surface area (Å²) < 4.78 is 23.6. The van der Waals surface area contributed by atoms with Crippen molar-refractivity contribution >= 4 is 55.1 Å². The van der Waals surface area contributed by atoms with E-state index in [4.69, 9.17) is 0 Å². The fraction of sp³-hybridized carbons (Fsp3) is 0.0400. The van der Waals surface area contributed by atoms with E-state index >= 15 is 0 Å². The minimum absolute atomic E-state index is 0.0978. The van der Waals surface area contributed by atoms with E-state index in [2.05, 4.69) is 25.6 Å². The Morgan fingerprint density at radius 3 is 2.43 bits per heavy atom. The maximum atomic E-state index is 13.0. The van der Waals surface area contributed by atoms with Crippen molar-refractivity contribution in [3.8, 4) is 0 Å². The number of carbonyl (C=O) groups is 2. The van der Waals surface area contributed by atoms with Crippen LogP contribution in [0.25, 0.3) is 21.8 Å². The highest BCUT2D eigenvalue weighted by Crippen LogP contribution is 2.22. The van der Waals surface area contributed by atoms with Gasteiger partial charge in [0.2, 0.25) is 5.95 Å². The number of amides is 2. The van der Waals surface area contributed by atoms with Gasteiger partial charge >= 0.3 is 0 Å². The van der Waals surface area contributed by atoms with Crippen molar-refractivity contribution in [2.45, 2.75) is 4.90 Å². The summed E-state index contributed by atoms with van der Waals surface area (Å²) in [5.74, 6) is -0.750. The number of imidazole rings is 1. The second-order valence-corrected chi connectivity index (χ2v) is 9.93. The molecule has 0 aliphatic carbocycles. The highest BCUT2D eigenvalue weighted by atomic mass is 32.2. The Morgan fingerprint density at radius 1 is 0.857 bits per heavy atom. The van der Waals surface area contributed by atoms with E-state index in [0.717, 1.165) is 17.0 Å². The summed E-state index contributed by atoms with van der Waals surface area (Å²) in [6.07, 6.45) is 2.73. The molecule has 5 rings (SSSR count). The number of aromatic nitrogens is 3. The first-order valence-corrected chi connectivity index (χ1v) is 12.4. The van der Waals surface area contributed by atoms with Crippen molar-refractivity contribution < 1.29 is 18.0 Å². The zero-order valence-electron chi connectivity index (χ0n) is 18.4. The normalized spacial score (nSPS) is 11.5. The number of hydrogen-bond donors (Lipinski definition) is 3. The molecule has 9 nitrogen and oxygen atoms in total. The van der Waals surface area contributed by atoms with Gasteiger partial charge in [0, 0.05) is 23.5 Å². The number of rotatable bonds is 5. The molecule has 2 aromatic heterocycles. The molecule has 10 heteroatoms. The summed E-state index contributed by atoms with van der Waals surface area (Å²) in [6.45, 7) is 0. The standard InChI is InChI=1S/C25H19N5O4S/c1-35(33,34)18-9-4-8-17(13-18)27-23(31)19-10-5-11-20-22(19)29-25(28-20)30-24(32)21-12-15-6-2-3-7-16(15)14-26-21/h2-14H,1H3,(H,27,31)(H2,28,29,30,32). The Morgan fingerprint density at radius 2 is 1.63 bits per heavy atom. The molecule has 0 radical (unpaired) electrons. The fourth-order valence-electron chi connectivity index (χ4n) is 3.66. The summed E-state index contributed by atoms with van der Waals surface area (Å²) in [6, 6.07) is 20.3. The van der Waals surface area contributed by atoms with E-state index in [9.17, 15) is 18.0 Å². The Hall–Kier alpha value is -4.57. The second kappa shape index (κ2) is 8.65. The number of carbonyl (C=O) groups excluding carboxylic acids is 2. The summed E-state index contributed by atoms with van der Waals surface area (Å²) in [5.41, 5.74) is 1.72. The summed E-state index contributed by atoms with van der Waals surface area (Å²) in [5, 5.41) is 7.19. The Labute approximate surface area is 200 Å². The lowest BCUT2D eigenvalue weighted by Gasteiger charge is -2.07. The third-order valence-electron chi connectivity index (χ3n) is 5.37. The first-order valence-electron chi connectivity index (χ1n) is 10.5. The van der Waals surface area contributed by atoms with Crippen LogP contribution in [-0.2, 0) is 9.84 Å². The van der Waals surface area contributed by atoms with E-state index in [0.29, 0.717) is 16.7 Å². The van der Waals surface area contributed by atoms with E-state index in [-0.39, 0.29) is 22.1 Å². The van der Waals surface area contributed by atoms with Gasteiger partial charge in [-0.2, -0.15) is 0 Å². The second-order valence-electron chi connectivity index (χ2n) is 7.91. The predicted molar refractivity (Wildman–Crippen MR) is 133 cm³/mol. The van der Waals surface area contributed by atoms with Crippen LogP contribution in [0.2, 0.25) is 0 Å². The van der Waals surface area contributed by atoms with Crippen LogP contribution in [0.4, 0.5) is 11.6 Å². The average molecular weight is 486 g/mol. The zero-order chi connectivity index (χ0) is 24.6. The molecule has 0 unspecified atom stereocenters. The third kappa shape index (κ3) is 4.59. The van der Waals surface area contributed by atoms with Gasteiger partial charge in [0.25, 0.3) is 11.8 Å². The largest absolute Gasteiger partial charge is 0.324 e. The molecule has 0 saturated carbocycles. The Balaban J connectivity index is 1.40. The Bertz CT molecular complexity index is 1730. The molecular weight excluding hydrogens is 466 g/mol. The number of benzene rings is 3. The number of H-pyrrole nitrogens is 1. The van der Waals surface area contributed by atoms with Crippen molar-refractivity contribution in [2.75, 3.05) is 16.9 Å². The number of fused-ring (bicyclic) bond motifs is 2. The van der Waals surface area contributed by atoms with Crippen molar-refractivity contribution in [3.05, 3.63) is 90.3 Å². The SMILES string of the molecule is CS(=O)(=O)c1cccc(NC(=O)c2cccc3[nH]c(NC(=O)c4cc5ccccc5cn4)nc23)c1. The predicted octanol–water partition coefficient (Wildman–Crippen LogP) is 4.02. The summed E-state index contributed by atoms with van der Waals surface area (Å²) >= 11 is 0. The van der Waals surface area contributed by atoms with Gasteiger partial charge in [-0.05, 0) is 41.8 Å². The number of anilines is 2.